The van der Waals surface area contributed by atoms with E-state index >= 15 is 0 Å². The maximum absolute atomic E-state index is 12.5. The average Bonchev–Trinajstić information content (AvgIpc) is 3.47. The minimum Gasteiger partial charge on any atom is -0.454 e. The number of urea groups is 1. The topological polar surface area (TPSA) is 136 Å². The fourth-order valence-electron chi connectivity index (χ4n) is 3.81. The lowest BCUT2D eigenvalue weighted by Crippen LogP contribution is -2.53. The van der Waals surface area contributed by atoms with E-state index in [0.29, 0.717) is 35.4 Å². The Kier molecular flexibility index (Phi) is 6.53. The number of carbonyl (C=O) groups excluding carboxylic acids is 3. The maximum Gasteiger partial charge on any atom is 0.321 e. The van der Waals surface area contributed by atoms with Gasteiger partial charge in [-0.1, -0.05) is 36.0 Å². The van der Waals surface area contributed by atoms with E-state index in [-0.39, 0.29) is 30.8 Å². The van der Waals surface area contributed by atoms with Gasteiger partial charge in [0, 0.05) is 31.1 Å². The molecule has 1 saturated heterocycles. The summed E-state index contributed by atoms with van der Waals surface area (Å²) in [5, 5.41) is 17.0. The predicted molar refractivity (Wildman–Crippen MR) is 125 cm³/mol. The number of carbonyl (C=O) groups is 3. The standard InChI is InChI=1S/C23H22N6O5S/c30-20-10-15(25-22(32)26-20)9-19-27-28-23(29(19)16-4-2-1-3-5-16)35-12-21(31)24-11-14-6-7-17-18(8-14)34-13-33-17/h1-8,15H,9-13H2,(H,24,31)(H2,25,26,30,32). The molecule has 1 fully saturated rings. The number of hydrogen-bond donors (Lipinski definition) is 3. The van der Waals surface area contributed by atoms with E-state index in [9.17, 15) is 14.4 Å². The maximum atomic E-state index is 12.5. The molecule has 0 spiro atoms. The zero-order chi connectivity index (χ0) is 24.2. The van der Waals surface area contributed by atoms with Crippen molar-refractivity contribution in [3.8, 4) is 17.2 Å². The van der Waals surface area contributed by atoms with Gasteiger partial charge >= 0.3 is 6.03 Å². The highest BCUT2D eigenvalue weighted by molar-refractivity contribution is 7.99. The van der Waals surface area contributed by atoms with Crippen LogP contribution in [-0.4, -0.2) is 51.2 Å². The molecular weight excluding hydrogens is 472 g/mol. The van der Waals surface area contributed by atoms with Gasteiger partial charge in [0.15, 0.2) is 16.7 Å². The van der Waals surface area contributed by atoms with Crippen LogP contribution in [0.2, 0.25) is 0 Å². The summed E-state index contributed by atoms with van der Waals surface area (Å²) >= 11 is 1.26. The van der Waals surface area contributed by atoms with Crippen molar-refractivity contribution in [3.63, 3.8) is 0 Å². The van der Waals surface area contributed by atoms with Gasteiger partial charge in [-0.3, -0.25) is 19.5 Å². The Labute approximate surface area is 204 Å². The van der Waals surface area contributed by atoms with Crippen LogP contribution in [0, 0.1) is 0 Å². The minimum absolute atomic E-state index is 0.137. The van der Waals surface area contributed by atoms with Crippen molar-refractivity contribution in [3.05, 3.63) is 59.9 Å². The molecule has 0 saturated carbocycles. The quantitative estimate of drug-likeness (QED) is 0.401. The Morgan fingerprint density at radius 2 is 1.94 bits per heavy atom. The number of fused-ring (bicyclic) bond motifs is 1. The molecule has 180 valence electrons. The largest absolute Gasteiger partial charge is 0.454 e. The minimum atomic E-state index is -0.522. The van der Waals surface area contributed by atoms with Crippen molar-refractivity contribution in [2.24, 2.45) is 0 Å². The number of para-hydroxylation sites is 1. The molecule has 3 heterocycles. The number of thioether (sulfide) groups is 1. The van der Waals surface area contributed by atoms with Crippen molar-refractivity contribution < 1.29 is 23.9 Å². The molecule has 1 aromatic heterocycles. The van der Waals surface area contributed by atoms with Gasteiger partial charge in [0.2, 0.25) is 18.6 Å². The summed E-state index contributed by atoms with van der Waals surface area (Å²) in [7, 11) is 0. The summed E-state index contributed by atoms with van der Waals surface area (Å²) in [5.41, 5.74) is 1.73. The molecule has 0 aliphatic carbocycles. The Bertz CT molecular complexity index is 1250. The number of aromatic nitrogens is 3. The van der Waals surface area contributed by atoms with E-state index in [4.69, 9.17) is 9.47 Å². The van der Waals surface area contributed by atoms with E-state index in [1.54, 1.807) is 0 Å². The Hall–Kier alpha value is -4.06. The molecule has 35 heavy (non-hydrogen) atoms. The first-order valence-corrected chi connectivity index (χ1v) is 11.9. The zero-order valence-electron chi connectivity index (χ0n) is 18.5. The third-order valence-electron chi connectivity index (χ3n) is 5.42. The van der Waals surface area contributed by atoms with Crippen molar-refractivity contribution in [2.75, 3.05) is 12.5 Å². The second kappa shape index (κ2) is 10.1. The highest BCUT2D eigenvalue weighted by Crippen LogP contribution is 2.32. The van der Waals surface area contributed by atoms with E-state index in [0.717, 1.165) is 11.3 Å². The van der Waals surface area contributed by atoms with Crippen LogP contribution in [-0.2, 0) is 22.6 Å². The van der Waals surface area contributed by atoms with Crippen LogP contribution in [0.3, 0.4) is 0 Å². The van der Waals surface area contributed by atoms with Gasteiger partial charge in [0.25, 0.3) is 0 Å². The van der Waals surface area contributed by atoms with Crippen LogP contribution in [0.5, 0.6) is 11.5 Å². The molecule has 2 aromatic carbocycles. The van der Waals surface area contributed by atoms with Crippen molar-refractivity contribution in [2.45, 2.75) is 30.6 Å². The SMILES string of the molecule is O=C(CSc1nnc(CC2CC(=O)NC(=O)N2)n1-c1ccccc1)NCc1ccc2c(c1)OCO2. The van der Waals surface area contributed by atoms with Gasteiger partial charge < -0.3 is 20.1 Å². The molecule has 2 aliphatic rings. The molecule has 4 amide bonds. The van der Waals surface area contributed by atoms with E-state index < -0.39 is 12.1 Å². The summed E-state index contributed by atoms with van der Waals surface area (Å²) in [6, 6.07) is 14.1. The van der Waals surface area contributed by atoms with Crippen molar-refractivity contribution in [1.29, 1.82) is 0 Å². The third-order valence-corrected chi connectivity index (χ3v) is 6.35. The summed E-state index contributed by atoms with van der Waals surface area (Å²) in [6.07, 6.45) is 0.468. The first kappa shape index (κ1) is 22.7. The molecule has 3 aromatic rings. The second-order valence-corrected chi connectivity index (χ2v) is 8.89. The summed E-state index contributed by atoms with van der Waals surface area (Å²) in [4.78, 5) is 36.0. The number of benzene rings is 2. The van der Waals surface area contributed by atoms with Crippen LogP contribution < -0.4 is 25.4 Å². The Balaban J connectivity index is 1.25. The first-order chi connectivity index (χ1) is 17.0. The highest BCUT2D eigenvalue weighted by Gasteiger charge is 2.27. The second-order valence-electron chi connectivity index (χ2n) is 7.95. The van der Waals surface area contributed by atoms with Gasteiger partial charge in [-0.05, 0) is 29.8 Å². The fraction of sp³-hybridized carbons (Fsp3) is 0.261. The smallest absolute Gasteiger partial charge is 0.321 e. The molecule has 0 bridgehead atoms. The lowest BCUT2D eigenvalue weighted by Gasteiger charge is -2.23. The van der Waals surface area contributed by atoms with E-state index in [2.05, 4.69) is 26.1 Å². The molecule has 0 radical (unpaired) electrons. The van der Waals surface area contributed by atoms with Gasteiger partial charge in [0.05, 0.1) is 5.75 Å². The Morgan fingerprint density at radius 1 is 1.11 bits per heavy atom. The molecule has 2 aliphatic heterocycles. The van der Waals surface area contributed by atoms with Crippen LogP contribution in [0.15, 0.2) is 53.7 Å². The van der Waals surface area contributed by atoms with Gasteiger partial charge in [-0.25, -0.2) is 4.79 Å². The normalized spacial score (nSPS) is 16.5. The highest BCUT2D eigenvalue weighted by atomic mass is 32.2. The van der Waals surface area contributed by atoms with Gasteiger partial charge in [0.1, 0.15) is 5.82 Å². The van der Waals surface area contributed by atoms with Crippen molar-refractivity contribution >= 4 is 29.6 Å². The number of amides is 4. The summed E-state index contributed by atoms with van der Waals surface area (Å²) < 4.78 is 12.5. The molecular formula is C23H22N6O5S. The zero-order valence-corrected chi connectivity index (χ0v) is 19.3. The van der Waals surface area contributed by atoms with Crippen LogP contribution in [0.1, 0.15) is 17.8 Å². The fourth-order valence-corrected chi connectivity index (χ4v) is 4.61. The van der Waals surface area contributed by atoms with Gasteiger partial charge in [-0.2, -0.15) is 0 Å². The summed E-state index contributed by atoms with van der Waals surface area (Å²) in [5.74, 6) is 1.59. The molecule has 1 unspecified atom stereocenters. The molecule has 5 rings (SSSR count). The summed E-state index contributed by atoms with van der Waals surface area (Å²) in [6.45, 7) is 0.558. The van der Waals surface area contributed by atoms with E-state index in [1.165, 1.54) is 11.8 Å². The number of rotatable bonds is 8. The number of ether oxygens (including phenoxy) is 2. The number of imide groups is 1. The van der Waals surface area contributed by atoms with Crippen LogP contribution >= 0.6 is 11.8 Å². The third kappa shape index (κ3) is 5.38. The number of nitrogens with one attached hydrogen (secondary N) is 3. The molecule has 3 N–H and O–H groups in total. The average molecular weight is 495 g/mol. The van der Waals surface area contributed by atoms with E-state index in [1.807, 2.05) is 53.1 Å². The Morgan fingerprint density at radius 3 is 2.77 bits per heavy atom. The monoisotopic (exact) mass is 494 g/mol. The number of nitrogens with zero attached hydrogens (tertiary/aromatic N) is 3. The van der Waals surface area contributed by atoms with Gasteiger partial charge in [-0.15, -0.1) is 10.2 Å². The molecule has 12 heteroatoms. The molecule has 1 atom stereocenters. The van der Waals surface area contributed by atoms with Crippen LogP contribution in [0.25, 0.3) is 5.69 Å². The molecule has 11 nitrogen and oxygen atoms in total. The lowest BCUT2D eigenvalue weighted by molar-refractivity contribution is -0.121. The first-order valence-electron chi connectivity index (χ1n) is 10.9. The van der Waals surface area contributed by atoms with Crippen LogP contribution in [0.4, 0.5) is 4.79 Å². The number of hydrogen-bond acceptors (Lipinski definition) is 8. The predicted octanol–water partition coefficient (Wildman–Crippen LogP) is 1.55. The van der Waals surface area contributed by atoms with Crippen molar-refractivity contribution in [1.82, 2.24) is 30.7 Å². The lowest BCUT2D eigenvalue weighted by atomic mass is 10.1.